The average molecular weight is 490 g/mol. The predicted molar refractivity (Wildman–Crippen MR) is 160 cm³/mol. The van der Waals surface area contributed by atoms with Crippen molar-refractivity contribution in [2.24, 2.45) is 27.6 Å². The van der Waals surface area contributed by atoms with Crippen LogP contribution in [0.4, 0.5) is 0 Å². The first kappa shape index (κ1) is 28.9. The van der Waals surface area contributed by atoms with E-state index in [0.29, 0.717) is 12.5 Å². The Hall–Kier alpha value is -2.35. The third-order valence-electron chi connectivity index (χ3n) is 6.75. The van der Waals surface area contributed by atoms with E-state index in [9.17, 15) is 0 Å². The third kappa shape index (κ3) is 8.67. The van der Waals surface area contributed by atoms with Crippen LogP contribution in [0.15, 0.2) is 69.3 Å². The highest BCUT2D eigenvalue weighted by atomic mass is 31.0. The molecule has 0 heterocycles. The van der Waals surface area contributed by atoms with Crippen molar-refractivity contribution in [2.45, 2.75) is 73.6 Å². The van der Waals surface area contributed by atoms with E-state index in [-0.39, 0.29) is 5.92 Å². The van der Waals surface area contributed by atoms with Gasteiger partial charge < -0.3 is 5.73 Å². The van der Waals surface area contributed by atoms with Gasteiger partial charge in [0.2, 0.25) is 0 Å². The number of hydrogen-bond acceptors (Lipinski definition) is 3. The number of nitrogens with zero attached hydrogens (tertiary/aromatic N) is 2. The van der Waals surface area contributed by atoms with Crippen molar-refractivity contribution in [3.8, 4) is 0 Å². The van der Waals surface area contributed by atoms with E-state index in [1.165, 1.54) is 35.1 Å². The summed E-state index contributed by atoms with van der Waals surface area (Å²) in [6, 6.07) is 6.60. The van der Waals surface area contributed by atoms with Crippen LogP contribution >= 0.6 is 8.86 Å². The van der Waals surface area contributed by atoms with Crippen LogP contribution in [0.5, 0.6) is 0 Å². The van der Waals surface area contributed by atoms with Crippen molar-refractivity contribution >= 4 is 32.3 Å². The zero-order valence-electron chi connectivity index (χ0n) is 22.6. The summed E-state index contributed by atoms with van der Waals surface area (Å²) in [4.78, 5) is 9.97. The summed E-state index contributed by atoms with van der Waals surface area (Å²) < 4.78 is 0. The molecule has 1 saturated carbocycles. The second kappa shape index (κ2) is 14.3. The molecule has 0 aromatic heterocycles. The molecular formula is C31H44N3P. The van der Waals surface area contributed by atoms with Gasteiger partial charge in [-0.05, 0) is 92.9 Å². The van der Waals surface area contributed by atoms with Gasteiger partial charge in [-0.25, -0.2) is 0 Å². The van der Waals surface area contributed by atoms with Gasteiger partial charge >= 0.3 is 0 Å². The number of hydrogen-bond donors (Lipinski definition) is 1. The first-order chi connectivity index (χ1) is 16.8. The molecule has 0 bridgehead atoms. The molecule has 35 heavy (non-hydrogen) atoms. The number of nitrogens with two attached hydrogens (primary N) is 1. The Morgan fingerprint density at radius 2 is 1.94 bits per heavy atom. The monoisotopic (exact) mass is 489 g/mol. The van der Waals surface area contributed by atoms with E-state index < -0.39 is 0 Å². The Bertz CT molecular complexity index is 1060. The fourth-order valence-corrected chi connectivity index (χ4v) is 4.03. The molecule has 1 aromatic carbocycles. The maximum absolute atomic E-state index is 5.89. The van der Waals surface area contributed by atoms with Crippen molar-refractivity contribution in [2.75, 3.05) is 6.54 Å². The molecule has 188 valence electrons. The van der Waals surface area contributed by atoms with E-state index in [0.717, 1.165) is 47.5 Å². The summed E-state index contributed by atoms with van der Waals surface area (Å²) in [5.74, 6) is 2.85. The lowest BCUT2D eigenvalue weighted by Crippen LogP contribution is -2.08. The molecule has 1 atom stereocenters. The molecule has 0 saturated heterocycles. The molecule has 2 N–H and O–H groups in total. The van der Waals surface area contributed by atoms with Crippen molar-refractivity contribution in [1.82, 2.24) is 0 Å². The normalized spacial score (nSPS) is 16.9. The van der Waals surface area contributed by atoms with Crippen molar-refractivity contribution in [3.05, 3.63) is 76.0 Å². The van der Waals surface area contributed by atoms with Crippen LogP contribution in [-0.2, 0) is 6.42 Å². The second-order valence-electron chi connectivity index (χ2n) is 9.59. The largest absolute Gasteiger partial charge is 0.326 e. The quantitative estimate of drug-likeness (QED) is 0.170. The summed E-state index contributed by atoms with van der Waals surface area (Å²) in [6.07, 6.45) is 11.4. The highest BCUT2D eigenvalue weighted by Gasteiger charge is 2.24. The topological polar surface area (TPSA) is 50.7 Å². The second-order valence-corrected chi connectivity index (χ2v) is 9.88. The molecule has 4 heteroatoms. The lowest BCUT2D eigenvalue weighted by molar-refractivity contribution is 0.666. The van der Waals surface area contributed by atoms with E-state index in [1.54, 1.807) is 0 Å². The first-order valence-corrected chi connectivity index (χ1v) is 13.5. The van der Waals surface area contributed by atoms with Gasteiger partial charge in [-0.1, -0.05) is 57.2 Å². The molecule has 2 rings (SSSR count). The Morgan fingerprint density at radius 1 is 1.23 bits per heavy atom. The molecule has 1 aliphatic carbocycles. The highest BCUT2D eigenvalue weighted by Crippen LogP contribution is 2.37. The van der Waals surface area contributed by atoms with Crippen LogP contribution in [0, 0.1) is 11.8 Å². The van der Waals surface area contributed by atoms with Gasteiger partial charge in [0.05, 0.1) is 5.70 Å². The maximum atomic E-state index is 5.89. The Balaban J connectivity index is 2.55. The van der Waals surface area contributed by atoms with Gasteiger partial charge in [0.1, 0.15) is 0 Å². The molecule has 1 unspecified atom stereocenters. The summed E-state index contributed by atoms with van der Waals surface area (Å²) in [6.45, 7) is 17.7. The van der Waals surface area contributed by atoms with Gasteiger partial charge in [0.15, 0.2) is 0 Å². The van der Waals surface area contributed by atoms with Gasteiger partial charge in [0.25, 0.3) is 0 Å². The summed E-state index contributed by atoms with van der Waals surface area (Å²) >= 11 is 0. The van der Waals surface area contributed by atoms with E-state index in [4.69, 9.17) is 15.7 Å². The number of rotatable bonds is 13. The lowest BCUT2D eigenvalue weighted by atomic mass is 9.90. The van der Waals surface area contributed by atoms with Crippen LogP contribution in [0.3, 0.4) is 0 Å². The maximum Gasteiger partial charge on any atom is 0.0693 e. The SMILES string of the molecule is C=C(/C=C(\N=C(C)CC)C(C)Cc1cc(C=P)ccc1C(/N=C\C(=C/C)CN)=C(\C)CC)C1CC1. The average Bonchev–Trinajstić information content (AvgIpc) is 3.72. The molecule has 1 aromatic rings. The summed E-state index contributed by atoms with van der Waals surface area (Å²) in [5.41, 5.74) is 16.3. The standard InChI is InChI=1S/C31H44N3P/c1-8-21(4)31(33-19-25(10-3)18-32)29-14-11-26(20-35)17-28(29)15-23(6)30(34-24(7)9-2)16-22(5)27-12-13-27/h10-11,14,16-17,19-20,23,27,35H,5,8-9,12-13,15,18,32H2,1-4,6-7H3/b25-10-,30-16-,31-21-,33-19-,34-24?. The first-order valence-electron chi connectivity index (χ1n) is 12.9. The summed E-state index contributed by atoms with van der Waals surface area (Å²) in [5, 5.41) is 0. The predicted octanol–water partition coefficient (Wildman–Crippen LogP) is 8.00. The minimum atomic E-state index is 0.248. The zero-order valence-corrected chi connectivity index (χ0v) is 23.6. The molecular weight excluding hydrogens is 445 g/mol. The Morgan fingerprint density at radius 3 is 2.49 bits per heavy atom. The molecule has 0 aliphatic heterocycles. The molecule has 0 radical (unpaired) electrons. The van der Waals surface area contributed by atoms with Gasteiger partial charge in [-0.2, -0.15) is 0 Å². The lowest BCUT2D eigenvalue weighted by Gasteiger charge is -2.19. The van der Waals surface area contributed by atoms with E-state index >= 15 is 0 Å². The highest BCUT2D eigenvalue weighted by molar-refractivity contribution is 7.19. The Kier molecular flexibility index (Phi) is 11.8. The smallest absolute Gasteiger partial charge is 0.0693 e. The van der Waals surface area contributed by atoms with E-state index in [2.05, 4.69) is 74.3 Å². The molecule has 0 amide bonds. The summed E-state index contributed by atoms with van der Waals surface area (Å²) in [7, 11) is 3.58. The van der Waals surface area contributed by atoms with Crippen molar-refractivity contribution < 1.29 is 0 Å². The molecule has 3 nitrogen and oxygen atoms in total. The van der Waals surface area contributed by atoms with Gasteiger partial charge in [0, 0.05) is 35.6 Å². The van der Waals surface area contributed by atoms with E-state index in [1.807, 2.05) is 25.0 Å². The van der Waals surface area contributed by atoms with Crippen LogP contribution in [0.1, 0.15) is 83.9 Å². The molecule has 1 fully saturated rings. The minimum Gasteiger partial charge on any atom is -0.326 e. The fraction of sp³-hybridized carbons (Fsp3) is 0.452. The van der Waals surface area contributed by atoms with Gasteiger partial charge in [-0.15, -0.1) is 8.86 Å². The minimum absolute atomic E-state index is 0.248. The number of aliphatic imine (C=N–C) groups is 2. The Labute approximate surface area is 216 Å². The van der Waals surface area contributed by atoms with Crippen molar-refractivity contribution in [1.29, 1.82) is 0 Å². The third-order valence-corrected chi connectivity index (χ3v) is 7.08. The fourth-order valence-electron chi connectivity index (χ4n) is 3.85. The van der Waals surface area contributed by atoms with Crippen LogP contribution in [0.2, 0.25) is 0 Å². The van der Waals surface area contributed by atoms with Gasteiger partial charge in [-0.3, -0.25) is 9.98 Å². The van der Waals surface area contributed by atoms with Crippen LogP contribution < -0.4 is 5.73 Å². The number of allylic oxidation sites excluding steroid dienone is 5. The van der Waals surface area contributed by atoms with Crippen LogP contribution in [-0.4, -0.2) is 24.3 Å². The number of benzene rings is 1. The molecule has 0 spiro atoms. The van der Waals surface area contributed by atoms with Crippen molar-refractivity contribution in [3.63, 3.8) is 0 Å². The molecule has 1 aliphatic rings. The van der Waals surface area contributed by atoms with Crippen LogP contribution in [0.25, 0.3) is 5.70 Å². The zero-order chi connectivity index (χ0) is 26.0.